The normalized spacial score (nSPS) is 15.9. The number of hydrogen-bond acceptors (Lipinski definition) is 2. The Kier molecular flexibility index (Phi) is 3.48. The smallest absolute Gasteiger partial charge is 0.211 e. The summed E-state index contributed by atoms with van der Waals surface area (Å²) in [5.41, 5.74) is 5.74. The minimum atomic E-state index is -0.242. The molecule has 0 N–H and O–H groups in total. The molecule has 1 heterocycles. The van der Waals surface area contributed by atoms with Gasteiger partial charge in [-0.3, -0.25) is 9.79 Å². The lowest BCUT2D eigenvalue weighted by Gasteiger charge is -2.29. The topological polar surface area (TPSA) is 29.4 Å². The van der Waals surface area contributed by atoms with Crippen LogP contribution in [-0.2, 0) is 6.42 Å². The van der Waals surface area contributed by atoms with E-state index in [4.69, 9.17) is 4.99 Å². The summed E-state index contributed by atoms with van der Waals surface area (Å²) in [5.74, 6) is 0.0119. The van der Waals surface area contributed by atoms with Crippen molar-refractivity contribution >= 4 is 11.5 Å². The summed E-state index contributed by atoms with van der Waals surface area (Å²) < 4.78 is 0. The molecule has 22 heavy (non-hydrogen) atoms. The van der Waals surface area contributed by atoms with E-state index < -0.39 is 0 Å². The van der Waals surface area contributed by atoms with Crippen LogP contribution in [0.25, 0.3) is 0 Å². The van der Waals surface area contributed by atoms with Gasteiger partial charge in [0.2, 0.25) is 5.78 Å². The number of benzene rings is 2. The highest BCUT2D eigenvalue weighted by molar-refractivity contribution is 6.52. The van der Waals surface area contributed by atoms with Crippen molar-refractivity contribution in [2.45, 2.75) is 39.7 Å². The van der Waals surface area contributed by atoms with Gasteiger partial charge in [0.25, 0.3) is 0 Å². The summed E-state index contributed by atoms with van der Waals surface area (Å²) in [5, 5.41) is 0. The molecule has 0 aliphatic carbocycles. The summed E-state index contributed by atoms with van der Waals surface area (Å²) >= 11 is 0. The molecular weight excluding hydrogens is 270 g/mol. The van der Waals surface area contributed by atoms with Gasteiger partial charge in [0, 0.05) is 11.1 Å². The molecule has 0 fully saturated rings. The van der Waals surface area contributed by atoms with Crippen LogP contribution in [0, 0.1) is 13.8 Å². The molecule has 0 radical (unpaired) electrons. The summed E-state index contributed by atoms with van der Waals surface area (Å²) in [6.07, 6.45) is 0.870. The van der Waals surface area contributed by atoms with Gasteiger partial charge in [0.05, 0.1) is 5.54 Å². The van der Waals surface area contributed by atoms with Crippen molar-refractivity contribution in [3.05, 3.63) is 70.3 Å². The van der Waals surface area contributed by atoms with Gasteiger partial charge in [0.1, 0.15) is 5.71 Å². The second-order valence-electron chi connectivity index (χ2n) is 6.74. The van der Waals surface area contributed by atoms with Crippen LogP contribution in [0.15, 0.2) is 47.5 Å². The molecule has 3 rings (SSSR count). The number of carbonyl (C=O) groups is 1. The average molecular weight is 291 g/mol. The summed E-state index contributed by atoms with van der Waals surface area (Å²) in [6.45, 7) is 8.37. The van der Waals surface area contributed by atoms with E-state index in [0.717, 1.165) is 12.0 Å². The Labute approximate surface area is 131 Å². The van der Waals surface area contributed by atoms with E-state index in [9.17, 15) is 4.79 Å². The van der Waals surface area contributed by atoms with E-state index in [1.165, 1.54) is 16.7 Å². The van der Waals surface area contributed by atoms with Crippen LogP contribution in [0.1, 0.15) is 46.5 Å². The van der Waals surface area contributed by atoms with Crippen LogP contribution in [0.4, 0.5) is 0 Å². The highest BCUT2D eigenvalue weighted by Crippen LogP contribution is 2.30. The van der Waals surface area contributed by atoms with Crippen molar-refractivity contribution in [2.24, 2.45) is 4.99 Å². The van der Waals surface area contributed by atoms with Gasteiger partial charge in [-0.05, 0) is 56.9 Å². The minimum absolute atomic E-state index is 0.0119. The molecule has 0 saturated carbocycles. The Hall–Kier alpha value is -2.22. The Balaban J connectivity index is 2.16. The maximum absolute atomic E-state index is 12.9. The van der Waals surface area contributed by atoms with E-state index in [-0.39, 0.29) is 11.3 Å². The van der Waals surface area contributed by atoms with Crippen molar-refractivity contribution in [2.75, 3.05) is 0 Å². The third kappa shape index (κ3) is 2.61. The second kappa shape index (κ2) is 5.20. The maximum atomic E-state index is 12.9. The van der Waals surface area contributed by atoms with Crippen molar-refractivity contribution in [3.8, 4) is 0 Å². The molecular formula is C20H21NO. The molecule has 2 aromatic rings. The fourth-order valence-corrected chi connectivity index (χ4v) is 3.01. The fraction of sp³-hybridized carbons (Fsp3) is 0.300. The standard InChI is InChI=1S/C20H21NO/c1-13-10-16-12-20(3,4)21-18(17(16)11-14(13)2)19(22)15-8-6-5-7-9-15/h5-11H,12H2,1-4H3. The van der Waals surface area contributed by atoms with Crippen molar-refractivity contribution < 1.29 is 4.79 Å². The Morgan fingerprint density at radius 3 is 2.36 bits per heavy atom. The minimum Gasteiger partial charge on any atom is -0.287 e. The molecule has 0 amide bonds. The summed E-state index contributed by atoms with van der Waals surface area (Å²) in [4.78, 5) is 17.7. The monoisotopic (exact) mass is 291 g/mol. The van der Waals surface area contributed by atoms with Gasteiger partial charge in [0.15, 0.2) is 0 Å². The van der Waals surface area contributed by atoms with Crippen molar-refractivity contribution in [1.29, 1.82) is 0 Å². The van der Waals surface area contributed by atoms with Crippen LogP contribution in [0.3, 0.4) is 0 Å². The number of Topliss-reactive ketones (excluding diaryl/α,β-unsaturated/α-hetero) is 1. The largest absolute Gasteiger partial charge is 0.287 e. The number of aliphatic imine (C=N–C) groups is 1. The molecule has 0 aromatic heterocycles. The number of hydrogen-bond donors (Lipinski definition) is 0. The fourth-order valence-electron chi connectivity index (χ4n) is 3.01. The molecule has 2 nitrogen and oxygen atoms in total. The van der Waals surface area contributed by atoms with E-state index in [2.05, 4.69) is 39.8 Å². The SMILES string of the molecule is Cc1cc2c(cc1C)C(C(=O)c1ccccc1)=NC(C)(C)C2. The van der Waals surface area contributed by atoms with Crippen molar-refractivity contribution in [3.63, 3.8) is 0 Å². The number of fused-ring (bicyclic) bond motifs is 1. The van der Waals surface area contributed by atoms with Gasteiger partial charge in [-0.1, -0.05) is 36.4 Å². The lowest BCUT2D eigenvalue weighted by atomic mass is 9.83. The summed E-state index contributed by atoms with van der Waals surface area (Å²) in [7, 11) is 0. The van der Waals surface area contributed by atoms with Crippen LogP contribution in [-0.4, -0.2) is 17.0 Å². The van der Waals surface area contributed by atoms with Gasteiger partial charge < -0.3 is 0 Å². The van der Waals surface area contributed by atoms with E-state index in [0.29, 0.717) is 11.3 Å². The van der Waals surface area contributed by atoms with E-state index in [1.807, 2.05) is 30.3 Å². The first-order chi connectivity index (χ1) is 10.4. The van der Waals surface area contributed by atoms with E-state index >= 15 is 0 Å². The lowest BCUT2D eigenvalue weighted by Crippen LogP contribution is -2.32. The number of nitrogens with zero attached hydrogens (tertiary/aromatic N) is 1. The number of carbonyl (C=O) groups excluding carboxylic acids is 1. The predicted molar refractivity (Wildman–Crippen MR) is 91.0 cm³/mol. The van der Waals surface area contributed by atoms with Crippen molar-refractivity contribution in [1.82, 2.24) is 0 Å². The average Bonchev–Trinajstić information content (AvgIpc) is 2.48. The van der Waals surface area contributed by atoms with Crippen LogP contribution >= 0.6 is 0 Å². The first-order valence-electron chi connectivity index (χ1n) is 7.67. The van der Waals surface area contributed by atoms with Crippen LogP contribution in [0.2, 0.25) is 0 Å². The predicted octanol–water partition coefficient (Wildman–Crippen LogP) is 4.31. The molecule has 0 unspecified atom stereocenters. The Morgan fingerprint density at radius 1 is 1.05 bits per heavy atom. The lowest BCUT2D eigenvalue weighted by molar-refractivity contribution is 0.106. The van der Waals surface area contributed by atoms with Gasteiger partial charge in [-0.2, -0.15) is 0 Å². The molecule has 0 atom stereocenters. The van der Waals surface area contributed by atoms with Gasteiger partial charge in [-0.25, -0.2) is 0 Å². The molecule has 0 bridgehead atoms. The zero-order chi connectivity index (χ0) is 15.9. The molecule has 1 aliphatic heterocycles. The third-order valence-corrected chi connectivity index (χ3v) is 4.26. The zero-order valence-corrected chi connectivity index (χ0v) is 13.6. The molecule has 0 spiro atoms. The number of ketones is 1. The molecule has 0 saturated heterocycles. The van der Waals surface area contributed by atoms with Crippen LogP contribution < -0.4 is 0 Å². The molecule has 1 aliphatic rings. The van der Waals surface area contributed by atoms with E-state index in [1.54, 1.807) is 0 Å². The van der Waals surface area contributed by atoms with Gasteiger partial charge >= 0.3 is 0 Å². The number of rotatable bonds is 2. The highest BCUT2D eigenvalue weighted by Gasteiger charge is 2.30. The maximum Gasteiger partial charge on any atom is 0.211 e. The van der Waals surface area contributed by atoms with Gasteiger partial charge in [-0.15, -0.1) is 0 Å². The van der Waals surface area contributed by atoms with Crippen LogP contribution in [0.5, 0.6) is 0 Å². The zero-order valence-electron chi connectivity index (χ0n) is 13.6. The molecule has 2 heteroatoms. The Bertz CT molecular complexity index is 770. The first-order valence-corrected chi connectivity index (χ1v) is 7.67. The summed E-state index contributed by atoms with van der Waals surface area (Å²) in [6, 6.07) is 13.7. The first kappa shape index (κ1) is 14.7. The Morgan fingerprint density at radius 2 is 1.68 bits per heavy atom. The quantitative estimate of drug-likeness (QED) is 0.758. The highest BCUT2D eigenvalue weighted by atomic mass is 16.1. The molecule has 2 aromatic carbocycles. The second-order valence-corrected chi connectivity index (χ2v) is 6.74. The molecule has 112 valence electrons. The third-order valence-electron chi connectivity index (χ3n) is 4.26. The number of aryl methyl sites for hydroxylation is 2.